The topological polar surface area (TPSA) is 18.5 Å². The molecule has 0 fully saturated rings. The summed E-state index contributed by atoms with van der Waals surface area (Å²) >= 11 is 0. The lowest BCUT2D eigenvalue weighted by atomic mass is 9.92. The molecule has 0 saturated carbocycles. The van der Waals surface area contributed by atoms with Crippen molar-refractivity contribution in [2.24, 2.45) is 0 Å². The van der Waals surface area contributed by atoms with Gasteiger partial charge in [0.1, 0.15) is 13.2 Å². The van der Waals surface area contributed by atoms with E-state index < -0.39 is 0 Å². The van der Waals surface area contributed by atoms with E-state index in [9.17, 15) is 0 Å². The van der Waals surface area contributed by atoms with Gasteiger partial charge in [0.25, 0.3) is 0 Å². The third-order valence-corrected chi connectivity index (χ3v) is 3.35. The lowest BCUT2D eigenvalue weighted by Gasteiger charge is -2.21. The lowest BCUT2D eigenvalue weighted by molar-refractivity contribution is 0.171. The quantitative estimate of drug-likeness (QED) is 0.721. The molecule has 0 amide bonds. The Hall–Kier alpha value is -1.44. The molecule has 1 aromatic carbocycles. The minimum absolute atomic E-state index is 0.573. The van der Waals surface area contributed by atoms with Crippen molar-refractivity contribution in [2.45, 2.75) is 39.0 Å². The van der Waals surface area contributed by atoms with Crippen molar-refractivity contribution in [1.29, 1.82) is 0 Å². The van der Waals surface area contributed by atoms with E-state index in [1.165, 1.54) is 5.56 Å². The summed E-state index contributed by atoms with van der Waals surface area (Å²) in [5.41, 5.74) is 1.35. The van der Waals surface area contributed by atoms with Crippen molar-refractivity contribution in [3.8, 4) is 11.5 Å². The number of hydrogen-bond donors (Lipinski definition) is 0. The molecule has 1 aliphatic rings. The van der Waals surface area contributed by atoms with Crippen molar-refractivity contribution < 1.29 is 9.47 Å². The summed E-state index contributed by atoms with van der Waals surface area (Å²) in [6.45, 7) is 5.72. The zero-order chi connectivity index (χ0) is 12.8. The predicted octanol–water partition coefficient (Wildman–Crippen LogP) is 4.31. The highest BCUT2D eigenvalue weighted by molar-refractivity contribution is 5.44. The Labute approximate surface area is 110 Å². The van der Waals surface area contributed by atoms with Crippen LogP contribution in [-0.2, 0) is 0 Å². The Kier molecular flexibility index (Phi) is 4.68. The maximum Gasteiger partial charge on any atom is 0.161 e. The van der Waals surface area contributed by atoms with Gasteiger partial charge in [0, 0.05) is 0 Å². The van der Waals surface area contributed by atoms with Gasteiger partial charge in [0.15, 0.2) is 11.5 Å². The third kappa shape index (κ3) is 3.06. The molecule has 0 N–H and O–H groups in total. The average molecular weight is 246 g/mol. The van der Waals surface area contributed by atoms with Crippen LogP contribution in [0.5, 0.6) is 11.5 Å². The first kappa shape index (κ1) is 13.0. The molecule has 2 rings (SSSR count). The maximum absolute atomic E-state index is 5.64. The van der Waals surface area contributed by atoms with Crippen LogP contribution in [-0.4, -0.2) is 13.2 Å². The van der Waals surface area contributed by atoms with Gasteiger partial charge in [-0.3, -0.25) is 0 Å². The summed E-state index contributed by atoms with van der Waals surface area (Å²) in [7, 11) is 0. The third-order valence-electron chi connectivity index (χ3n) is 3.35. The largest absolute Gasteiger partial charge is 0.486 e. The monoisotopic (exact) mass is 246 g/mol. The zero-order valence-electron chi connectivity index (χ0n) is 11.3. The van der Waals surface area contributed by atoms with Crippen LogP contribution < -0.4 is 9.47 Å². The number of hydrogen-bond acceptors (Lipinski definition) is 2. The molecule has 2 nitrogen and oxygen atoms in total. The minimum atomic E-state index is 0.573. The molecule has 1 heterocycles. The fourth-order valence-electron chi connectivity index (χ4n) is 2.28. The second-order valence-electron chi connectivity index (χ2n) is 4.62. The Balaban J connectivity index is 2.12. The first-order chi connectivity index (χ1) is 8.85. The van der Waals surface area contributed by atoms with Gasteiger partial charge in [0.05, 0.1) is 0 Å². The first-order valence-corrected chi connectivity index (χ1v) is 6.89. The van der Waals surface area contributed by atoms with E-state index in [-0.39, 0.29) is 0 Å². The standard InChI is InChI=1S/C16H22O2/c1-3-5-6-7-13(4-2)14-8-9-15-16(12-14)18-11-10-17-15/h5-6,8-9,12-13H,3-4,7,10-11H2,1-2H3/b6-5-. The van der Waals surface area contributed by atoms with Gasteiger partial charge in [0.2, 0.25) is 0 Å². The van der Waals surface area contributed by atoms with Crippen LogP contribution in [0.15, 0.2) is 30.4 Å². The highest BCUT2D eigenvalue weighted by atomic mass is 16.6. The second-order valence-corrected chi connectivity index (χ2v) is 4.62. The van der Waals surface area contributed by atoms with Gasteiger partial charge in [-0.05, 0) is 42.9 Å². The van der Waals surface area contributed by atoms with E-state index in [2.05, 4.69) is 38.1 Å². The van der Waals surface area contributed by atoms with Gasteiger partial charge in [-0.15, -0.1) is 0 Å². The van der Waals surface area contributed by atoms with Crippen LogP contribution in [0.3, 0.4) is 0 Å². The lowest BCUT2D eigenvalue weighted by Crippen LogP contribution is -2.15. The fourth-order valence-corrected chi connectivity index (χ4v) is 2.28. The highest BCUT2D eigenvalue weighted by Gasteiger charge is 2.15. The fraction of sp³-hybridized carbons (Fsp3) is 0.500. The second kappa shape index (κ2) is 6.48. The molecule has 18 heavy (non-hydrogen) atoms. The summed E-state index contributed by atoms with van der Waals surface area (Å²) < 4.78 is 11.2. The van der Waals surface area contributed by atoms with Gasteiger partial charge in [-0.1, -0.05) is 32.1 Å². The Morgan fingerprint density at radius 2 is 1.89 bits per heavy atom. The smallest absolute Gasteiger partial charge is 0.161 e. The molecule has 0 aromatic heterocycles. The molecule has 1 aliphatic heterocycles. The molecule has 1 atom stereocenters. The average Bonchev–Trinajstić information content (AvgIpc) is 2.43. The van der Waals surface area contributed by atoms with E-state index in [0.717, 1.165) is 30.8 Å². The summed E-state index contributed by atoms with van der Waals surface area (Å²) in [5, 5.41) is 0. The molecular formula is C16H22O2. The van der Waals surface area contributed by atoms with Crippen molar-refractivity contribution in [1.82, 2.24) is 0 Å². The van der Waals surface area contributed by atoms with Crippen molar-refractivity contribution in [3.05, 3.63) is 35.9 Å². The molecule has 0 bridgehead atoms. The molecular weight excluding hydrogens is 224 g/mol. The Morgan fingerprint density at radius 3 is 2.61 bits per heavy atom. The molecule has 0 aliphatic carbocycles. The first-order valence-electron chi connectivity index (χ1n) is 6.89. The van der Waals surface area contributed by atoms with Crippen LogP contribution in [0, 0.1) is 0 Å². The Morgan fingerprint density at radius 1 is 1.11 bits per heavy atom. The number of ether oxygens (including phenoxy) is 2. The van der Waals surface area contributed by atoms with Crippen molar-refractivity contribution >= 4 is 0 Å². The van der Waals surface area contributed by atoms with Crippen molar-refractivity contribution in [3.63, 3.8) is 0 Å². The van der Waals surface area contributed by atoms with Crippen LogP contribution in [0.1, 0.15) is 44.6 Å². The molecule has 98 valence electrons. The molecule has 1 unspecified atom stereocenters. The molecule has 1 aromatic rings. The minimum Gasteiger partial charge on any atom is -0.486 e. The van der Waals surface area contributed by atoms with E-state index >= 15 is 0 Å². The van der Waals surface area contributed by atoms with Gasteiger partial charge in [-0.2, -0.15) is 0 Å². The summed E-state index contributed by atoms with van der Waals surface area (Å²) in [4.78, 5) is 0. The van der Waals surface area contributed by atoms with E-state index in [1.807, 2.05) is 6.07 Å². The van der Waals surface area contributed by atoms with E-state index in [1.54, 1.807) is 0 Å². The molecule has 2 heteroatoms. The van der Waals surface area contributed by atoms with E-state index in [0.29, 0.717) is 19.1 Å². The van der Waals surface area contributed by atoms with Crippen LogP contribution in [0.25, 0.3) is 0 Å². The number of fused-ring (bicyclic) bond motifs is 1. The summed E-state index contributed by atoms with van der Waals surface area (Å²) in [5.74, 6) is 2.35. The summed E-state index contributed by atoms with van der Waals surface area (Å²) in [6, 6.07) is 6.35. The summed E-state index contributed by atoms with van der Waals surface area (Å²) in [6.07, 6.45) is 7.88. The SMILES string of the molecule is CC/C=C\CC(CC)c1ccc2c(c1)OCCO2. The zero-order valence-corrected chi connectivity index (χ0v) is 11.3. The van der Waals surface area contributed by atoms with Crippen LogP contribution in [0.2, 0.25) is 0 Å². The maximum atomic E-state index is 5.64. The van der Waals surface area contributed by atoms with Gasteiger partial charge in [-0.25, -0.2) is 0 Å². The van der Waals surface area contributed by atoms with Crippen molar-refractivity contribution in [2.75, 3.05) is 13.2 Å². The number of rotatable bonds is 5. The number of benzene rings is 1. The van der Waals surface area contributed by atoms with Crippen LogP contribution >= 0.6 is 0 Å². The predicted molar refractivity (Wildman–Crippen MR) is 74.5 cm³/mol. The van der Waals surface area contributed by atoms with Crippen LogP contribution in [0.4, 0.5) is 0 Å². The molecule has 0 spiro atoms. The van der Waals surface area contributed by atoms with Gasteiger partial charge >= 0.3 is 0 Å². The van der Waals surface area contributed by atoms with Gasteiger partial charge < -0.3 is 9.47 Å². The van der Waals surface area contributed by atoms with E-state index in [4.69, 9.17) is 9.47 Å². The number of allylic oxidation sites excluding steroid dienone is 2. The molecule has 0 saturated heterocycles. The Bertz CT molecular complexity index is 410. The normalized spacial score (nSPS) is 15.9. The highest BCUT2D eigenvalue weighted by Crippen LogP contribution is 2.35. The molecule has 0 radical (unpaired) electrons.